The van der Waals surface area contributed by atoms with Crippen molar-refractivity contribution >= 4 is 11.6 Å². The van der Waals surface area contributed by atoms with Gasteiger partial charge in [0.2, 0.25) is 0 Å². The van der Waals surface area contributed by atoms with Crippen molar-refractivity contribution in [2.75, 3.05) is 6.54 Å². The summed E-state index contributed by atoms with van der Waals surface area (Å²) in [7, 11) is 1.92. The molecule has 0 bridgehead atoms. The molecule has 0 aliphatic rings. The largest absolute Gasteiger partial charge is 0.328 e. The summed E-state index contributed by atoms with van der Waals surface area (Å²) >= 11 is 6.30. The van der Waals surface area contributed by atoms with Crippen molar-refractivity contribution in [3.05, 3.63) is 34.6 Å². The van der Waals surface area contributed by atoms with Crippen LogP contribution >= 0.6 is 11.6 Å². The lowest BCUT2D eigenvalue weighted by Crippen LogP contribution is -2.21. The highest BCUT2D eigenvalue weighted by Crippen LogP contribution is 2.20. The van der Waals surface area contributed by atoms with Crippen LogP contribution in [0, 0.1) is 12.8 Å². The van der Waals surface area contributed by atoms with Crippen LogP contribution in [-0.4, -0.2) is 25.9 Å². The number of hydrogen-bond acceptors (Lipinski definition) is 3. The number of rotatable bonds is 6. The van der Waals surface area contributed by atoms with Crippen LogP contribution < -0.4 is 5.32 Å². The Morgan fingerprint density at radius 1 is 1.40 bits per heavy atom. The summed E-state index contributed by atoms with van der Waals surface area (Å²) in [6.45, 7) is 8.74. The Labute approximate surface area is 125 Å². The molecule has 5 nitrogen and oxygen atoms in total. The van der Waals surface area contributed by atoms with Crippen molar-refractivity contribution in [1.82, 2.24) is 24.6 Å². The second-order valence-electron chi connectivity index (χ2n) is 5.47. The number of halogens is 1. The topological polar surface area (TPSA) is 47.7 Å². The summed E-state index contributed by atoms with van der Waals surface area (Å²) in [4.78, 5) is 4.40. The van der Waals surface area contributed by atoms with E-state index in [1.165, 1.54) is 0 Å². The molecule has 0 unspecified atom stereocenters. The van der Waals surface area contributed by atoms with Crippen LogP contribution in [0.3, 0.4) is 0 Å². The summed E-state index contributed by atoms with van der Waals surface area (Å²) in [5, 5.41) is 8.49. The molecule has 0 saturated carbocycles. The van der Waals surface area contributed by atoms with Gasteiger partial charge in [0.25, 0.3) is 0 Å². The SMILES string of the molecule is Cc1nn(C)c(Cn2ccnc2CNCC(C)C)c1Cl. The van der Waals surface area contributed by atoms with Crippen LogP contribution in [0.4, 0.5) is 0 Å². The first kappa shape index (κ1) is 15.1. The van der Waals surface area contributed by atoms with Crippen LogP contribution in [0.25, 0.3) is 0 Å². The predicted octanol–water partition coefficient (Wildman–Crippen LogP) is 2.37. The summed E-state index contributed by atoms with van der Waals surface area (Å²) in [5.74, 6) is 1.65. The highest BCUT2D eigenvalue weighted by Gasteiger charge is 2.13. The van der Waals surface area contributed by atoms with E-state index < -0.39 is 0 Å². The van der Waals surface area contributed by atoms with Crippen molar-refractivity contribution < 1.29 is 0 Å². The Morgan fingerprint density at radius 2 is 2.15 bits per heavy atom. The summed E-state index contributed by atoms with van der Waals surface area (Å²) in [6, 6.07) is 0. The van der Waals surface area contributed by atoms with Gasteiger partial charge in [-0.2, -0.15) is 5.10 Å². The second-order valence-corrected chi connectivity index (χ2v) is 5.84. The van der Waals surface area contributed by atoms with Gasteiger partial charge in [0.15, 0.2) is 0 Å². The summed E-state index contributed by atoms with van der Waals surface area (Å²) in [5.41, 5.74) is 1.87. The highest BCUT2D eigenvalue weighted by atomic mass is 35.5. The molecule has 6 heteroatoms. The molecule has 0 aliphatic carbocycles. The fraction of sp³-hybridized carbons (Fsp3) is 0.571. The lowest BCUT2D eigenvalue weighted by molar-refractivity contribution is 0.530. The Balaban J connectivity index is 2.08. The Hall–Kier alpha value is -1.33. The molecule has 2 aromatic rings. The average molecular weight is 296 g/mol. The Kier molecular flexibility index (Phi) is 4.83. The fourth-order valence-corrected chi connectivity index (χ4v) is 2.36. The van der Waals surface area contributed by atoms with Gasteiger partial charge >= 0.3 is 0 Å². The maximum atomic E-state index is 6.30. The lowest BCUT2D eigenvalue weighted by atomic mass is 10.2. The van der Waals surface area contributed by atoms with Crippen molar-refractivity contribution in [2.24, 2.45) is 13.0 Å². The molecule has 2 heterocycles. The minimum atomic E-state index is 0.632. The van der Waals surface area contributed by atoms with Crippen molar-refractivity contribution in [3.8, 4) is 0 Å². The molecule has 110 valence electrons. The molecule has 2 aromatic heterocycles. The van der Waals surface area contributed by atoms with Gasteiger partial charge in [-0.25, -0.2) is 4.98 Å². The normalized spacial score (nSPS) is 11.5. The Bertz CT molecular complexity index is 570. The zero-order valence-electron chi connectivity index (χ0n) is 12.5. The number of nitrogens with zero attached hydrogens (tertiary/aromatic N) is 4. The summed E-state index contributed by atoms with van der Waals surface area (Å²) in [6.07, 6.45) is 3.80. The molecule has 0 amide bonds. The molecular formula is C14H22ClN5. The minimum Gasteiger partial charge on any atom is -0.328 e. The van der Waals surface area contributed by atoms with Crippen LogP contribution in [0.1, 0.15) is 31.1 Å². The number of aryl methyl sites for hydroxylation is 2. The van der Waals surface area contributed by atoms with Crippen LogP contribution in [0.15, 0.2) is 12.4 Å². The van der Waals surface area contributed by atoms with Crippen molar-refractivity contribution in [1.29, 1.82) is 0 Å². The van der Waals surface area contributed by atoms with E-state index in [4.69, 9.17) is 11.6 Å². The van der Waals surface area contributed by atoms with Gasteiger partial charge < -0.3 is 9.88 Å². The molecule has 0 atom stereocenters. The van der Waals surface area contributed by atoms with Crippen molar-refractivity contribution in [3.63, 3.8) is 0 Å². The zero-order chi connectivity index (χ0) is 14.7. The molecule has 0 radical (unpaired) electrons. The van der Waals surface area contributed by atoms with E-state index in [-0.39, 0.29) is 0 Å². The smallest absolute Gasteiger partial charge is 0.123 e. The molecule has 0 aromatic carbocycles. The third kappa shape index (κ3) is 3.41. The summed E-state index contributed by atoms with van der Waals surface area (Å²) < 4.78 is 3.94. The quantitative estimate of drug-likeness (QED) is 0.890. The first-order chi connectivity index (χ1) is 9.49. The number of aromatic nitrogens is 4. The average Bonchev–Trinajstić information content (AvgIpc) is 2.90. The third-order valence-electron chi connectivity index (χ3n) is 3.22. The van der Waals surface area contributed by atoms with E-state index >= 15 is 0 Å². The molecule has 0 fully saturated rings. The molecule has 20 heavy (non-hydrogen) atoms. The molecule has 1 N–H and O–H groups in total. The maximum Gasteiger partial charge on any atom is 0.123 e. The Morgan fingerprint density at radius 3 is 2.75 bits per heavy atom. The highest BCUT2D eigenvalue weighted by molar-refractivity contribution is 6.31. The fourth-order valence-electron chi connectivity index (χ4n) is 2.14. The minimum absolute atomic E-state index is 0.632. The predicted molar refractivity (Wildman–Crippen MR) is 80.8 cm³/mol. The van der Waals surface area contributed by atoms with Crippen LogP contribution in [0.2, 0.25) is 5.02 Å². The van der Waals surface area contributed by atoms with Gasteiger partial charge in [-0.15, -0.1) is 0 Å². The zero-order valence-corrected chi connectivity index (χ0v) is 13.3. The third-order valence-corrected chi connectivity index (χ3v) is 3.71. The molecular weight excluding hydrogens is 274 g/mol. The number of hydrogen-bond donors (Lipinski definition) is 1. The van der Waals surface area contributed by atoms with Crippen molar-refractivity contribution in [2.45, 2.75) is 33.9 Å². The number of nitrogens with one attached hydrogen (secondary N) is 1. The van der Waals surface area contributed by atoms with Gasteiger partial charge in [0, 0.05) is 19.4 Å². The first-order valence-electron chi connectivity index (χ1n) is 6.87. The van der Waals surface area contributed by atoms with E-state index in [0.717, 1.165) is 35.3 Å². The van der Waals surface area contributed by atoms with Crippen LogP contribution in [0.5, 0.6) is 0 Å². The van der Waals surface area contributed by atoms with E-state index in [1.807, 2.05) is 31.0 Å². The first-order valence-corrected chi connectivity index (χ1v) is 7.25. The second kappa shape index (κ2) is 6.41. The number of imidazole rings is 1. The van der Waals surface area contributed by atoms with E-state index in [1.54, 1.807) is 0 Å². The molecule has 2 rings (SSSR count). The van der Waals surface area contributed by atoms with E-state index in [0.29, 0.717) is 12.5 Å². The van der Waals surface area contributed by atoms with E-state index in [9.17, 15) is 0 Å². The monoisotopic (exact) mass is 295 g/mol. The lowest BCUT2D eigenvalue weighted by Gasteiger charge is -2.10. The van der Waals surface area contributed by atoms with E-state index in [2.05, 4.69) is 33.8 Å². The van der Waals surface area contributed by atoms with Gasteiger partial charge in [0.1, 0.15) is 5.82 Å². The molecule has 0 spiro atoms. The maximum absolute atomic E-state index is 6.30. The molecule has 0 aliphatic heterocycles. The van der Waals surface area contributed by atoms with Gasteiger partial charge in [-0.1, -0.05) is 25.4 Å². The molecule has 0 saturated heterocycles. The van der Waals surface area contributed by atoms with Crippen LogP contribution in [-0.2, 0) is 20.1 Å². The van der Waals surface area contributed by atoms with Gasteiger partial charge in [-0.05, 0) is 19.4 Å². The standard InChI is InChI=1S/C14H22ClN5/c1-10(2)7-16-8-13-17-5-6-20(13)9-12-14(15)11(3)18-19(12)4/h5-6,10,16H,7-9H2,1-4H3. The van der Waals surface area contributed by atoms with Gasteiger partial charge in [-0.3, -0.25) is 4.68 Å². The van der Waals surface area contributed by atoms with Gasteiger partial charge in [0.05, 0.1) is 29.5 Å².